The summed E-state index contributed by atoms with van der Waals surface area (Å²) in [5.74, 6) is -0.317. The summed E-state index contributed by atoms with van der Waals surface area (Å²) in [6.45, 7) is 6.24. The highest BCUT2D eigenvalue weighted by atomic mass is 16.2. The number of aryl methyl sites for hydroxylation is 1. The number of hydrogen-bond acceptors (Lipinski definition) is 4. The van der Waals surface area contributed by atoms with Crippen LogP contribution in [0.5, 0.6) is 0 Å². The largest absolute Gasteiger partial charge is 0.339 e. The van der Waals surface area contributed by atoms with Crippen molar-refractivity contribution in [1.82, 2.24) is 9.88 Å². The minimum atomic E-state index is -0.356. The lowest BCUT2D eigenvalue weighted by molar-refractivity contribution is -0.129. The predicted molar refractivity (Wildman–Crippen MR) is 107 cm³/mol. The molecule has 0 saturated carbocycles. The molecule has 3 rings (SSSR count). The number of nitrogens with zero attached hydrogens (tertiary/aromatic N) is 2. The molecule has 1 aliphatic rings. The van der Waals surface area contributed by atoms with Crippen LogP contribution in [0.1, 0.15) is 36.2 Å². The Balaban J connectivity index is 1.59. The zero-order chi connectivity index (χ0) is 20.3. The lowest BCUT2D eigenvalue weighted by Crippen LogP contribution is -2.33. The Morgan fingerprint density at radius 2 is 1.86 bits per heavy atom. The molecule has 2 heterocycles. The Morgan fingerprint density at radius 1 is 1.14 bits per heavy atom. The van der Waals surface area contributed by atoms with E-state index in [0.29, 0.717) is 23.6 Å². The lowest BCUT2D eigenvalue weighted by atomic mass is 10.1. The average Bonchev–Trinajstić information content (AvgIpc) is 3.04. The van der Waals surface area contributed by atoms with Crippen molar-refractivity contribution in [2.45, 2.75) is 33.2 Å². The zero-order valence-corrected chi connectivity index (χ0v) is 16.2. The quantitative estimate of drug-likeness (QED) is 0.834. The number of likely N-dealkylation sites (tertiary alicyclic amines) is 1. The molecule has 7 heteroatoms. The smallest absolute Gasteiger partial charge is 0.256 e. The van der Waals surface area contributed by atoms with E-state index < -0.39 is 0 Å². The Bertz CT molecular complexity index is 893. The van der Waals surface area contributed by atoms with Crippen LogP contribution >= 0.6 is 0 Å². The number of carbonyl (C=O) groups excluding carboxylic acids is 3. The standard InChI is InChI=1S/C21H24N4O3/c1-13(2)25-12-16(11-19(25)26)21(28)23-17-6-4-15(5-7-17)20(27)24-18-10-14(3)8-9-22-18/h4-10,13,16H,11-12H2,1-3H3,(H,23,28)(H,22,24,27)/t16-/m1/s1. The molecule has 0 radical (unpaired) electrons. The Labute approximate surface area is 164 Å². The Morgan fingerprint density at radius 3 is 2.46 bits per heavy atom. The summed E-state index contributed by atoms with van der Waals surface area (Å²) in [6.07, 6.45) is 1.87. The van der Waals surface area contributed by atoms with Crippen molar-refractivity contribution in [3.05, 3.63) is 53.7 Å². The average molecular weight is 380 g/mol. The van der Waals surface area contributed by atoms with Crippen LogP contribution in [0.25, 0.3) is 0 Å². The third kappa shape index (κ3) is 4.54. The molecular weight excluding hydrogens is 356 g/mol. The molecule has 1 atom stereocenters. The van der Waals surface area contributed by atoms with Gasteiger partial charge < -0.3 is 15.5 Å². The molecule has 1 saturated heterocycles. The molecule has 0 aliphatic carbocycles. The molecule has 0 bridgehead atoms. The summed E-state index contributed by atoms with van der Waals surface area (Å²) in [6, 6.07) is 10.4. The van der Waals surface area contributed by atoms with Gasteiger partial charge in [0.05, 0.1) is 5.92 Å². The van der Waals surface area contributed by atoms with Gasteiger partial charge in [-0.05, 0) is 62.7 Å². The lowest BCUT2D eigenvalue weighted by Gasteiger charge is -2.20. The number of nitrogens with one attached hydrogen (secondary N) is 2. The van der Waals surface area contributed by atoms with Crippen molar-refractivity contribution in [1.29, 1.82) is 0 Å². The highest BCUT2D eigenvalue weighted by Gasteiger charge is 2.35. The first-order chi connectivity index (χ1) is 13.3. The van der Waals surface area contributed by atoms with Gasteiger partial charge in [0.2, 0.25) is 11.8 Å². The number of carbonyl (C=O) groups is 3. The summed E-state index contributed by atoms with van der Waals surface area (Å²) < 4.78 is 0. The van der Waals surface area contributed by atoms with E-state index >= 15 is 0 Å². The molecule has 1 fully saturated rings. The van der Waals surface area contributed by atoms with Crippen molar-refractivity contribution in [3.63, 3.8) is 0 Å². The number of rotatable bonds is 5. The van der Waals surface area contributed by atoms with E-state index in [-0.39, 0.29) is 36.1 Å². The van der Waals surface area contributed by atoms with Crippen LogP contribution in [0.2, 0.25) is 0 Å². The maximum absolute atomic E-state index is 12.4. The van der Waals surface area contributed by atoms with Gasteiger partial charge in [-0.3, -0.25) is 14.4 Å². The SMILES string of the molecule is Cc1ccnc(NC(=O)c2ccc(NC(=O)[C@@H]3CC(=O)N(C(C)C)C3)cc2)c1. The zero-order valence-electron chi connectivity index (χ0n) is 16.2. The molecule has 1 aliphatic heterocycles. The highest BCUT2D eigenvalue weighted by molar-refractivity contribution is 6.04. The van der Waals surface area contributed by atoms with E-state index in [4.69, 9.17) is 0 Å². The minimum absolute atomic E-state index is 0.00641. The van der Waals surface area contributed by atoms with Gasteiger partial charge in [-0.1, -0.05) is 0 Å². The predicted octanol–water partition coefficient (Wildman–Crippen LogP) is 2.84. The maximum atomic E-state index is 12.4. The highest BCUT2D eigenvalue weighted by Crippen LogP contribution is 2.22. The molecule has 2 N–H and O–H groups in total. The third-order valence-electron chi connectivity index (χ3n) is 4.72. The van der Waals surface area contributed by atoms with Gasteiger partial charge in [0.1, 0.15) is 5.82 Å². The number of hydrogen-bond donors (Lipinski definition) is 2. The molecule has 0 spiro atoms. The molecule has 0 unspecified atom stereocenters. The van der Waals surface area contributed by atoms with Crippen LogP contribution < -0.4 is 10.6 Å². The summed E-state index contributed by atoms with van der Waals surface area (Å²) in [7, 11) is 0. The van der Waals surface area contributed by atoms with Gasteiger partial charge in [0.15, 0.2) is 0 Å². The number of pyridine rings is 1. The molecule has 1 aromatic heterocycles. The summed E-state index contributed by atoms with van der Waals surface area (Å²) >= 11 is 0. The van der Waals surface area contributed by atoms with Crippen molar-refractivity contribution in [2.75, 3.05) is 17.2 Å². The van der Waals surface area contributed by atoms with Gasteiger partial charge in [-0.15, -0.1) is 0 Å². The van der Waals surface area contributed by atoms with E-state index in [0.717, 1.165) is 5.56 Å². The van der Waals surface area contributed by atoms with E-state index in [1.165, 1.54) is 0 Å². The van der Waals surface area contributed by atoms with Crippen molar-refractivity contribution in [3.8, 4) is 0 Å². The van der Waals surface area contributed by atoms with Crippen LogP contribution in [0.3, 0.4) is 0 Å². The normalized spacial score (nSPS) is 16.4. The molecule has 7 nitrogen and oxygen atoms in total. The molecule has 28 heavy (non-hydrogen) atoms. The van der Waals surface area contributed by atoms with Gasteiger partial charge >= 0.3 is 0 Å². The first kappa shape index (κ1) is 19.5. The van der Waals surface area contributed by atoms with Gasteiger partial charge in [0, 0.05) is 36.5 Å². The second-order valence-corrected chi connectivity index (χ2v) is 7.28. The summed E-state index contributed by atoms with van der Waals surface area (Å²) in [5, 5.41) is 5.57. The minimum Gasteiger partial charge on any atom is -0.339 e. The van der Waals surface area contributed by atoms with E-state index in [2.05, 4.69) is 15.6 Å². The fraction of sp³-hybridized carbons (Fsp3) is 0.333. The second kappa shape index (κ2) is 8.21. The fourth-order valence-corrected chi connectivity index (χ4v) is 3.15. The number of anilines is 2. The Hall–Kier alpha value is -3.22. The molecular formula is C21H24N4O3. The molecule has 2 aromatic rings. The summed E-state index contributed by atoms with van der Waals surface area (Å²) in [4.78, 5) is 42.6. The maximum Gasteiger partial charge on any atom is 0.256 e. The molecule has 146 valence electrons. The van der Waals surface area contributed by atoms with Crippen LogP contribution in [-0.4, -0.2) is 40.2 Å². The van der Waals surface area contributed by atoms with Gasteiger partial charge in [-0.2, -0.15) is 0 Å². The number of amides is 3. The van der Waals surface area contributed by atoms with Gasteiger partial charge in [0.25, 0.3) is 5.91 Å². The first-order valence-corrected chi connectivity index (χ1v) is 9.28. The topological polar surface area (TPSA) is 91.4 Å². The van der Waals surface area contributed by atoms with Crippen molar-refractivity contribution in [2.24, 2.45) is 5.92 Å². The van der Waals surface area contributed by atoms with E-state index in [1.54, 1.807) is 41.4 Å². The van der Waals surface area contributed by atoms with Crippen LogP contribution in [0, 0.1) is 12.8 Å². The van der Waals surface area contributed by atoms with Crippen molar-refractivity contribution >= 4 is 29.2 Å². The van der Waals surface area contributed by atoms with Crippen LogP contribution in [0.15, 0.2) is 42.6 Å². The molecule has 1 aromatic carbocycles. The van der Waals surface area contributed by atoms with Gasteiger partial charge in [-0.25, -0.2) is 4.98 Å². The molecule has 3 amide bonds. The number of benzene rings is 1. The Kier molecular flexibility index (Phi) is 5.73. The van der Waals surface area contributed by atoms with Crippen molar-refractivity contribution < 1.29 is 14.4 Å². The van der Waals surface area contributed by atoms with E-state index in [9.17, 15) is 14.4 Å². The van der Waals surface area contributed by atoms with Crippen LogP contribution in [-0.2, 0) is 9.59 Å². The number of aromatic nitrogens is 1. The third-order valence-corrected chi connectivity index (χ3v) is 4.72. The monoisotopic (exact) mass is 380 g/mol. The van der Waals surface area contributed by atoms with Crippen LogP contribution in [0.4, 0.5) is 11.5 Å². The first-order valence-electron chi connectivity index (χ1n) is 9.28. The second-order valence-electron chi connectivity index (χ2n) is 7.28. The fourth-order valence-electron chi connectivity index (χ4n) is 3.15. The summed E-state index contributed by atoms with van der Waals surface area (Å²) in [5.41, 5.74) is 2.05. The van der Waals surface area contributed by atoms with E-state index in [1.807, 2.05) is 26.8 Å².